The maximum absolute atomic E-state index is 9.59. The first-order chi connectivity index (χ1) is 9.03. The van der Waals surface area contributed by atoms with E-state index in [1.54, 1.807) is 0 Å². The maximum Gasteiger partial charge on any atom is 0.0526 e. The number of nitrogens with one attached hydrogen (secondary N) is 1. The van der Waals surface area contributed by atoms with Crippen molar-refractivity contribution in [2.24, 2.45) is 29.4 Å². The standard InChI is InChI=1S/C16H30N2O/c1-10(3-11(2)19)18-16(9-17)14-5-12-4-13(7-14)8-15(16)6-12/h10-15,18-19H,3-9,17H2,1-2H3. The lowest BCUT2D eigenvalue weighted by Gasteiger charge is -2.62. The van der Waals surface area contributed by atoms with Crippen LogP contribution < -0.4 is 11.1 Å². The van der Waals surface area contributed by atoms with Crippen LogP contribution in [0.1, 0.15) is 52.4 Å². The summed E-state index contributed by atoms with van der Waals surface area (Å²) in [6, 6.07) is 0.362. The number of aliphatic hydroxyl groups is 1. The molecule has 4 aliphatic rings. The lowest BCUT2D eigenvalue weighted by atomic mass is 9.48. The molecule has 4 bridgehead atoms. The molecule has 4 rings (SSSR count). The summed E-state index contributed by atoms with van der Waals surface area (Å²) in [7, 11) is 0. The van der Waals surface area contributed by atoms with Crippen molar-refractivity contribution >= 4 is 0 Å². The SMILES string of the molecule is CC(O)CC(C)NC1(CN)C2CC3CC(C2)CC1C3. The third-order valence-corrected chi connectivity index (χ3v) is 6.14. The zero-order valence-electron chi connectivity index (χ0n) is 12.4. The second kappa shape index (κ2) is 5.01. The van der Waals surface area contributed by atoms with Crippen molar-refractivity contribution in [2.75, 3.05) is 6.54 Å². The molecule has 0 radical (unpaired) electrons. The molecule has 0 aromatic carbocycles. The highest BCUT2D eigenvalue weighted by Crippen LogP contribution is 2.58. The van der Waals surface area contributed by atoms with Gasteiger partial charge in [-0.25, -0.2) is 0 Å². The highest BCUT2D eigenvalue weighted by atomic mass is 16.3. The van der Waals surface area contributed by atoms with Crippen LogP contribution in [0.5, 0.6) is 0 Å². The van der Waals surface area contributed by atoms with Gasteiger partial charge < -0.3 is 16.2 Å². The molecule has 0 aromatic rings. The summed E-state index contributed by atoms with van der Waals surface area (Å²) in [6.07, 6.45) is 7.63. The van der Waals surface area contributed by atoms with E-state index in [1.807, 2.05) is 6.92 Å². The number of aliphatic hydroxyl groups excluding tert-OH is 1. The van der Waals surface area contributed by atoms with Gasteiger partial charge in [-0.05, 0) is 76.0 Å². The van der Waals surface area contributed by atoms with Gasteiger partial charge >= 0.3 is 0 Å². The topological polar surface area (TPSA) is 58.3 Å². The van der Waals surface area contributed by atoms with Crippen LogP contribution in [0.15, 0.2) is 0 Å². The van der Waals surface area contributed by atoms with Gasteiger partial charge in [0.15, 0.2) is 0 Å². The fourth-order valence-corrected chi connectivity index (χ4v) is 5.68. The Kier molecular flexibility index (Phi) is 3.65. The molecule has 4 aliphatic carbocycles. The van der Waals surface area contributed by atoms with Crippen molar-refractivity contribution in [2.45, 2.75) is 70.1 Å². The molecular formula is C16H30N2O. The van der Waals surface area contributed by atoms with E-state index in [0.29, 0.717) is 6.04 Å². The van der Waals surface area contributed by atoms with Crippen molar-refractivity contribution in [1.29, 1.82) is 0 Å². The predicted octanol–water partition coefficient (Wildman–Crippen LogP) is 1.89. The molecule has 19 heavy (non-hydrogen) atoms. The maximum atomic E-state index is 9.59. The Balaban J connectivity index is 1.75. The van der Waals surface area contributed by atoms with Crippen LogP contribution in [0.25, 0.3) is 0 Å². The molecule has 3 heteroatoms. The Morgan fingerprint density at radius 1 is 1.11 bits per heavy atom. The van der Waals surface area contributed by atoms with E-state index in [2.05, 4.69) is 12.2 Å². The van der Waals surface area contributed by atoms with Gasteiger partial charge in [-0.3, -0.25) is 0 Å². The first-order valence-electron chi connectivity index (χ1n) is 8.19. The largest absolute Gasteiger partial charge is 0.393 e. The van der Waals surface area contributed by atoms with Crippen LogP contribution in [0.2, 0.25) is 0 Å². The minimum Gasteiger partial charge on any atom is -0.393 e. The second-order valence-electron chi connectivity index (χ2n) is 7.68. The van der Waals surface area contributed by atoms with Crippen molar-refractivity contribution in [1.82, 2.24) is 5.32 Å². The Bertz CT molecular complexity index is 301. The summed E-state index contributed by atoms with van der Waals surface area (Å²) in [4.78, 5) is 0. The molecule has 0 spiro atoms. The molecule has 110 valence electrons. The van der Waals surface area contributed by atoms with Crippen molar-refractivity contribution in [3.63, 3.8) is 0 Å². The summed E-state index contributed by atoms with van der Waals surface area (Å²) in [6.45, 7) is 4.85. The van der Waals surface area contributed by atoms with Crippen molar-refractivity contribution in [3.05, 3.63) is 0 Å². The van der Waals surface area contributed by atoms with Crippen LogP contribution in [0, 0.1) is 23.7 Å². The van der Waals surface area contributed by atoms with E-state index in [1.165, 1.54) is 32.1 Å². The van der Waals surface area contributed by atoms with Gasteiger partial charge in [0, 0.05) is 18.1 Å². The predicted molar refractivity (Wildman–Crippen MR) is 77.7 cm³/mol. The summed E-state index contributed by atoms with van der Waals surface area (Å²) >= 11 is 0. The van der Waals surface area contributed by atoms with Gasteiger partial charge in [-0.15, -0.1) is 0 Å². The second-order valence-corrected chi connectivity index (χ2v) is 7.68. The molecule has 4 saturated carbocycles. The fraction of sp³-hybridized carbons (Fsp3) is 1.00. The van der Waals surface area contributed by atoms with Gasteiger partial charge in [0.2, 0.25) is 0 Å². The quantitative estimate of drug-likeness (QED) is 0.712. The van der Waals surface area contributed by atoms with E-state index in [0.717, 1.165) is 36.6 Å². The van der Waals surface area contributed by atoms with E-state index in [-0.39, 0.29) is 11.6 Å². The molecule has 2 unspecified atom stereocenters. The summed E-state index contributed by atoms with van der Waals surface area (Å²) in [5, 5.41) is 13.5. The van der Waals surface area contributed by atoms with E-state index in [9.17, 15) is 5.11 Å². The number of rotatable bonds is 5. The molecule has 4 fully saturated rings. The minimum absolute atomic E-state index is 0.168. The summed E-state index contributed by atoms with van der Waals surface area (Å²) < 4.78 is 0. The van der Waals surface area contributed by atoms with Gasteiger partial charge in [-0.1, -0.05) is 0 Å². The lowest BCUT2D eigenvalue weighted by Crippen LogP contribution is -2.69. The van der Waals surface area contributed by atoms with Crippen molar-refractivity contribution < 1.29 is 5.11 Å². The monoisotopic (exact) mass is 266 g/mol. The third-order valence-electron chi connectivity index (χ3n) is 6.14. The molecule has 0 saturated heterocycles. The highest BCUT2D eigenvalue weighted by Gasteiger charge is 2.56. The van der Waals surface area contributed by atoms with Gasteiger partial charge in [0.1, 0.15) is 0 Å². The number of hydrogen-bond acceptors (Lipinski definition) is 3. The van der Waals surface area contributed by atoms with Gasteiger partial charge in [0.05, 0.1) is 6.10 Å². The Labute approximate surface area is 117 Å². The zero-order valence-corrected chi connectivity index (χ0v) is 12.4. The van der Waals surface area contributed by atoms with Crippen LogP contribution in [-0.2, 0) is 0 Å². The average molecular weight is 266 g/mol. The van der Waals surface area contributed by atoms with E-state index >= 15 is 0 Å². The number of nitrogens with two attached hydrogens (primary N) is 1. The van der Waals surface area contributed by atoms with Gasteiger partial charge in [0.25, 0.3) is 0 Å². The summed E-state index contributed by atoms with van der Waals surface area (Å²) in [5.41, 5.74) is 6.41. The first-order valence-corrected chi connectivity index (χ1v) is 8.19. The summed E-state index contributed by atoms with van der Waals surface area (Å²) in [5.74, 6) is 3.53. The molecule has 4 N–H and O–H groups in total. The van der Waals surface area contributed by atoms with Gasteiger partial charge in [-0.2, -0.15) is 0 Å². The molecule has 2 atom stereocenters. The average Bonchev–Trinajstić information content (AvgIpc) is 2.32. The molecule has 3 nitrogen and oxygen atoms in total. The molecule has 0 aromatic heterocycles. The third kappa shape index (κ3) is 2.34. The first kappa shape index (κ1) is 13.8. The van der Waals surface area contributed by atoms with Crippen molar-refractivity contribution in [3.8, 4) is 0 Å². The van der Waals surface area contributed by atoms with E-state index in [4.69, 9.17) is 5.73 Å². The Morgan fingerprint density at radius 3 is 2.05 bits per heavy atom. The zero-order chi connectivity index (χ0) is 13.6. The smallest absolute Gasteiger partial charge is 0.0526 e. The molecule has 0 amide bonds. The Morgan fingerprint density at radius 2 is 1.63 bits per heavy atom. The minimum atomic E-state index is -0.228. The normalized spacial score (nSPS) is 47.4. The fourth-order valence-electron chi connectivity index (χ4n) is 5.68. The molecular weight excluding hydrogens is 236 g/mol. The number of hydrogen-bond donors (Lipinski definition) is 3. The van der Waals surface area contributed by atoms with Crippen LogP contribution >= 0.6 is 0 Å². The highest BCUT2D eigenvalue weighted by molar-refractivity contribution is 5.12. The van der Waals surface area contributed by atoms with Crippen LogP contribution in [-0.4, -0.2) is 29.3 Å². The molecule has 0 heterocycles. The lowest BCUT2D eigenvalue weighted by molar-refractivity contribution is -0.0747. The van der Waals surface area contributed by atoms with Crippen LogP contribution in [0.4, 0.5) is 0 Å². The Hall–Kier alpha value is -0.120. The molecule has 0 aliphatic heterocycles. The van der Waals surface area contributed by atoms with Crippen LogP contribution in [0.3, 0.4) is 0 Å². The van der Waals surface area contributed by atoms with E-state index < -0.39 is 0 Å².